The number of amides is 1. The van der Waals surface area contributed by atoms with Crippen molar-refractivity contribution in [1.82, 2.24) is 19.8 Å². The van der Waals surface area contributed by atoms with Gasteiger partial charge in [0.25, 0.3) is 0 Å². The van der Waals surface area contributed by atoms with E-state index in [9.17, 15) is 18.8 Å². The fraction of sp³-hybridized carbons (Fsp3) is 0.471. The highest BCUT2D eigenvalue weighted by atomic mass is 35.5. The van der Waals surface area contributed by atoms with Gasteiger partial charge in [0.15, 0.2) is 0 Å². The summed E-state index contributed by atoms with van der Waals surface area (Å²) in [5, 5.41) is 12.3. The quantitative estimate of drug-likeness (QED) is 0.256. The average molecular weight is 652 g/mol. The summed E-state index contributed by atoms with van der Waals surface area (Å²) in [6.45, 7) is 5.78. The number of carbonyl (C=O) groups excluding carboxylic acids is 1. The average Bonchev–Trinajstić information content (AvgIpc) is 3.05. The Morgan fingerprint density at radius 2 is 1.98 bits per heavy atom. The summed E-state index contributed by atoms with van der Waals surface area (Å²) in [4.78, 5) is 30.5. The van der Waals surface area contributed by atoms with Crippen LogP contribution in [0.1, 0.15) is 31.5 Å². The molecular formula is C34H40ClF2N7O2. The lowest BCUT2D eigenvalue weighted by Crippen LogP contribution is -2.55. The van der Waals surface area contributed by atoms with Crippen molar-refractivity contribution in [3.05, 3.63) is 64.8 Å². The maximum atomic E-state index is 13.7. The minimum atomic E-state index is -0.966. The van der Waals surface area contributed by atoms with Crippen LogP contribution in [0.25, 0.3) is 10.8 Å². The number of aromatic nitrogens is 2. The van der Waals surface area contributed by atoms with E-state index >= 15 is 0 Å². The number of carbonyl (C=O) groups is 1. The number of halogens is 3. The van der Waals surface area contributed by atoms with E-state index in [4.69, 9.17) is 26.3 Å². The molecule has 0 aliphatic carbocycles. The molecule has 2 aliphatic heterocycles. The van der Waals surface area contributed by atoms with Crippen LogP contribution in [0.15, 0.2) is 48.6 Å². The second-order valence-electron chi connectivity index (χ2n) is 12.0. The Labute approximate surface area is 274 Å². The summed E-state index contributed by atoms with van der Waals surface area (Å²) in [5.41, 5.74) is 2.85. The van der Waals surface area contributed by atoms with Gasteiger partial charge in [0.2, 0.25) is 5.91 Å². The third kappa shape index (κ3) is 7.51. The standard InChI is InChI=1S/C34H40ClF2N7O2/c1-23(37)19-41(3)24(2)22-46-34-39-29-21-42(30-10-5-8-25-7-4-9-28(35)32(25)30)16-13-27(29)33(40-34)43-17-18-44(26(20-43)12-15-38)31(45)11-6-14-36/h4-11,23-24,26H,12-14,16-22H2,1-3H3/b11-6+/t23-,24+,26+/m1/s1. The molecule has 3 atom stereocenters. The Morgan fingerprint density at radius 3 is 2.72 bits per heavy atom. The lowest BCUT2D eigenvalue weighted by molar-refractivity contribution is -0.128. The molecule has 1 fully saturated rings. The number of nitrogens with zero attached hydrogens (tertiary/aromatic N) is 7. The highest BCUT2D eigenvalue weighted by molar-refractivity contribution is 6.36. The van der Waals surface area contributed by atoms with Gasteiger partial charge in [-0.2, -0.15) is 15.2 Å². The van der Waals surface area contributed by atoms with Crippen molar-refractivity contribution < 1.29 is 18.3 Å². The number of benzene rings is 2. The molecule has 9 nitrogen and oxygen atoms in total. The first-order chi connectivity index (χ1) is 22.2. The molecule has 0 saturated carbocycles. The van der Waals surface area contributed by atoms with Crippen LogP contribution < -0.4 is 14.5 Å². The molecule has 1 saturated heterocycles. The predicted molar refractivity (Wildman–Crippen MR) is 177 cm³/mol. The first-order valence-electron chi connectivity index (χ1n) is 15.6. The zero-order valence-corrected chi connectivity index (χ0v) is 27.3. The second-order valence-corrected chi connectivity index (χ2v) is 12.4. The van der Waals surface area contributed by atoms with Crippen molar-refractivity contribution in [2.24, 2.45) is 0 Å². The van der Waals surface area contributed by atoms with Crippen molar-refractivity contribution in [1.29, 1.82) is 5.26 Å². The van der Waals surface area contributed by atoms with E-state index in [2.05, 4.69) is 21.9 Å². The lowest BCUT2D eigenvalue weighted by Gasteiger charge is -2.42. The topological polar surface area (TPSA) is 88.8 Å². The zero-order valence-electron chi connectivity index (χ0n) is 26.5. The number of hydrogen-bond donors (Lipinski definition) is 0. The molecule has 244 valence electrons. The molecule has 3 aromatic rings. The minimum absolute atomic E-state index is 0.0810. The third-order valence-electron chi connectivity index (χ3n) is 8.68. The van der Waals surface area contributed by atoms with Crippen LogP contribution in [0, 0.1) is 11.3 Å². The highest BCUT2D eigenvalue weighted by Crippen LogP contribution is 2.37. The van der Waals surface area contributed by atoms with E-state index in [-0.39, 0.29) is 43.6 Å². The van der Waals surface area contributed by atoms with E-state index in [0.717, 1.165) is 33.5 Å². The van der Waals surface area contributed by atoms with Gasteiger partial charge < -0.3 is 19.4 Å². The molecule has 2 aromatic carbocycles. The van der Waals surface area contributed by atoms with Crippen molar-refractivity contribution in [2.45, 2.75) is 51.5 Å². The number of likely N-dealkylation sites (N-methyl/N-ethyl adjacent to an activating group) is 1. The van der Waals surface area contributed by atoms with Crippen LogP contribution in [0.3, 0.4) is 0 Å². The molecule has 12 heteroatoms. The van der Waals surface area contributed by atoms with Gasteiger partial charge in [-0.3, -0.25) is 9.69 Å². The molecule has 2 aliphatic rings. The number of alkyl halides is 2. The molecule has 46 heavy (non-hydrogen) atoms. The molecule has 5 rings (SSSR count). The lowest BCUT2D eigenvalue weighted by atomic mass is 10.0. The highest BCUT2D eigenvalue weighted by Gasteiger charge is 2.33. The molecule has 0 N–H and O–H groups in total. The Hall–Kier alpha value is -4.01. The first-order valence-corrected chi connectivity index (χ1v) is 16.0. The number of hydrogen-bond acceptors (Lipinski definition) is 8. The van der Waals surface area contributed by atoms with Crippen LogP contribution in [0.4, 0.5) is 20.3 Å². The zero-order chi connectivity index (χ0) is 32.8. The maximum Gasteiger partial charge on any atom is 0.318 e. The summed E-state index contributed by atoms with van der Waals surface area (Å²) in [6.07, 6.45) is 2.25. The molecule has 0 radical (unpaired) electrons. The Bertz CT molecular complexity index is 1610. The first kappa shape index (κ1) is 33.4. The van der Waals surface area contributed by atoms with Crippen LogP contribution in [-0.4, -0.2) is 97.0 Å². The van der Waals surface area contributed by atoms with Gasteiger partial charge in [0.05, 0.1) is 35.8 Å². The normalized spacial score (nSPS) is 18.1. The van der Waals surface area contributed by atoms with Gasteiger partial charge in [-0.25, -0.2) is 8.78 Å². The monoisotopic (exact) mass is 651 g/mol. The minimum Gasteiger partial charge on any atom is -0.462 e. The number of anilines is 2. The number of nitriles is 1. The van der Waals surface area contributed by atoms with Crippen LogP contribution >= 0.6 is 11.6 Å². The van der Waals surface area contributed by atoms with Crippen LogP contribution in [0.5, 0.6) is 6.01 Å². The predicted octanol–water partition coefficient (Wildman–Crippen LogP) is 5.36. The van der Waals surface area contributed by atoms with Gasteiger partial charge in [0.1, 0.15) is 25.3 Å². The van der Waals surface area contributed by atoms with E-state index in [1.165, 1.54) is 19.1 Å². The number of piperazine rings is 1. The smallest absolute Gasteiger partial charge is 0.318 e. The summed E-state index contributed by atoms with van der Waals surface area (Å²) >= 11 is 6.68. The third-order valence-corrected chi connectivity index (χ3v) is 9.00. The Balaban J connectivity index is 1.47. The molecule has 0 unspecified atom stereocenters. The van der Waals surface area contributed by atoms with Crippen molar-refractivity contribution in [2.75, 3.05) is 62.9 Å². The molecule has 0 bridgehead atoms. The number of fused-ring (bicyclic) bond motifs is 2. The maximum absolute atomic E-state index is 13.7. The van der Waals surface area contributed by atoms with Crippen molar-refractivity contribution in [3.8, 4) is 12.1 Å². The van der Waals surface area contributed by atoms with Crippen molar-refractivity contribution in [3.63, 3.8) is 0 Å². The molecular weight excluding hydrogens is 612 g/mol. The summed E-state index contributed by atoms with van der Waals surface area (Å²) < 4.78 is 32.5. The van der Waals surface area contributed by atoms with E-state index in [0.29, 0.717) is 44.2 Å². The number of ether oxygens (including phenoxy) is 1. The van der Waals surface area contributed by atoms with Crippen LogP contribution in [-0.2, 0) is 17.8 Å². The Kier molecular flexibility index (Phi) is 10.9. The Morgan fingerprint density at radius 1 is 1.20 bits per heavy atom. The fourth-order valence-electron chi connectivity index (χ4n) is 6.22. The van der Waals surface area contributed by atoms with Gasteiger partial charge in [0, 0.05) is 61.5 Å². The van der Waals surface area contributed by atoms with Crippen molar-refractivity contribution >= 4 is 39.8 Å². The van der Waals surface area contributed by atoms with E-state index in [1.54, 1.807) is 4.90 Å². The number of rotatable bonds is 11. The van der Waals surface area contributed by atoms with E-state index < -0.39 is 12.8 Å². The van der Waals surface area contributed by atoms with Gasteiger partial charge in [-0.1, -0.05) is 35.9 Å². The molecule has 0 spiro atoms. The molecule has 1 amide bonds. The number of allylic oxidation sites excluding steroid dienone is 1. The van der Waals surface area contributed by atoms with Crippen LogP contribution in [0.2, 0.25) is 5.02 Å². The fourth-order valence-corrected chi connectivity index (χ4v) is 6.50. The summed E-state index contributed by atoms with van der Waals surface area (Å²) in [6, 6.07) is 14.0. The molecule has 3 heterocycles. The SMILES string of the molecule is C[C@@H](F)CN(C)[C@@H](C)COc1nc2c(c(N3CCN(C(=O)/C=C/CF)[C@@H](CC#N)C3)n1)CCN(c1cccc3cccc(Cl)c13)C2. The van der Waals surface area contributed by atoms with E-state index in [1.807, 2.05) is 49.2 Å². The van der Waals surface area contributed by atoms with Gasteiger partial charge in [-0.05, 0) is 50.9 Å². The van der Waals surface area contributed by atoms with Gasteiger partial charge in [-0.15, -0.1) is 0 Å². The second kappa shape index (κ2) is 15.1. The largest absolute Gasteiger partial charge is 0.462 e. The van der Waals surface area contributed by atoms with Gasteiger partial charge >= 0.3 is 6.01 Å². The molecule has 1 aromatic heterocycles. The summed E-state index contributed by atoms with van der Waals surface area (Å²) in [7, 11) is 1.86. The summed E-state index contributed by atoms with van der Waals surface area (Å²) in [5.74, 6) is 0.416.